The minimum absolute atomic E-state index is 0.142. The zero-order valence-electron chi connectivity index (χ0n) is 9.78. The molecule has 3 unspecified atom stereocenters. The van der Waals surface area contributed by atoms with Crippen molar-refractivity contribution in [2.24, 2.45) is 5.92 Å². The Hall–Kier alpha value is -0.120. The van der Waals surface area contributed by atoms with E-state index in [1.807, 2.05) is 0 Å². The van der Waals surface area contributed by atoms with Crippen molar-refractivity contribution in [1.82, 2.24) is 5.32 Å². The Morgan fingerprint density at radius 3 is 2.73 bits per heavy atom. The summed E-state index contributed by atoms with van der Waals surface area (Å²) in [5.74, 6) is 0.902. The first-order valence-electron chi connectivity index (χ1n) is 6.28. The van der Waals surface area contributed by atoms with Gasteiger partial charge in [0.2, 0.25) is 0 Å². The largest absolute Gasteiger partial charge is 0.394 e. The minimum Gasteiger partial charge on any atom is -0.394 e. The SMILES string of the molecule is CCC1CCCC(NCC(O)CO)CC1. The first-order chi connectivity index (χ1) is 7.26. The van der Waals surface area contributed by atoms with E-state index in [2.05, 4.69) is 12.2 Å². The standard InChI is InChI=1S/C12H25NO2/c1-2-10-4-3-5-11(7-6-10)13-8-12(15)9-14/h10-15H,2-9H2,1H3. The third-order valence-electron chi connectivity index (χ3n) is 3.52. The molecule has 1 aliphatic rings. The topological polar surface area (TPSA) is 52.5 Å². The highest BCUT2D eigenvalue weighted by Crippen LogP contribution is 2.25. The molecule has 0 radical (unpaired) electrons. The molecule has 0 aromatic heterocycles. The second kappa shape index (κ2) is 7.20. The number of aliphatic hydroxyl groups excluding tert-OH is 2. The van der Waals surface area contributed by atoms with E-state index in [1.54, 1.807) is 0 Å². The molecule has 3 N–H and O–H groups in total. The number of rotatable bonds is 5. The molecule has 0 amide bonds. The Bertz CT molecular complexity index is 164. The summed E-state index contributed by atoms with van der Waals surface area (Å²) in [4.78, 5) is 0. The summed E-state index contributed by atoms with van der Waals surface area (Å²) in [5.41, 5.74) is 0. The maximum Gasteiger partial charge on any atom is 0.0895 e. The zero-order chi connectivity index (χ0) is 11.1. The van der Waals surface area contributed by atoms with Crippen LogP contribution < -0.4 is 5.32 Å². The first-order valence-corrected chi connectivity index (χ1v) is 6.28. The van der Waals surface area contributed by atoms with Crippen molar-refractivity contribution in [2.45, 2.75) is 57.6 Å². The van der Waals surface area contributed by atoms with E-state index >= 15 is 0 Å². The van der Waals surface area contributed by atoms with Gasteiger partial charge in [0, 0.05) is 12.6 Å². The zero-order valence-corrected chi connectivity index (χ0v) is 9.78. The van der Waals surface area contributed by atoms with Gasteiger partial charge >= 0.3 is 0 Å². The molecule has 1 aliphatic carbocycles. The molecule has 0 aliphatic heterocycles. The highest BCUT2D eigenvalue weighted by atomic mass is 16.3. The van der Waals surface area contributed by atoms with Crippen molar-refractivity contribution < 1.29 is 10.2 Å². The van der Waals surface area contributed by atoms with E-state index in [-0.39, 0.29) is 6.61 Å². The molecule has 0 saturated heterocycles. The molecule has 1 fully saturated rings. The molecular weight excluding hydrogens is 190 g/mol. The van der Waals surface area contributed by atoms with Crippen LogP contribution in [0, 0.1) is 5.92 Å². The molecule has 0 bridgehead atoms. The summed E-state index contributed by atoms with van der Waals surface area (Å²) in [6.07, 6.45) is 7.10. The lowest BCUT2D eigenvalue weighted by Gasteiger charge is -2.18. The van der Waals surface area contributed by atoms with Crippen molar-refractivity contribution in [3.63, 3.8) is 0 Å². The van der Waals surface area contributed by atoms with E-state index < -0.39 is 6.10 Å². The first kappa shape index (κ1) is 12.9. The number of hydrogen-bond acceptors (Lipinski definition) is 3. The molecule has 0 spiro atoms. The van der Waals surface area contributed by atoms with Gasteiger partial charge in [0.05, 0.1) is 12.7 Å². The van der Waals surface area contributed by atoms with Crippen LogP contribution in [0.15, 0.2) is 0 Å². The van der Waals surface area contributed by atoms with Crippen LogP contribution >= 0.6 is 0 Å². The predicted octanol–water partition coefficient (Wildman–Crippen LogP) is 1.29. The fourth-order valence-corrected chi connectivity index (χ4v) is 2.36. The van der Waals surface area contributed by atoms with E-state index in [9.17, 15) is 5.11 Å². The summed E-state index contributed by atoms with van der Waals surface area (Å²) >= 11 is 0. The third-order valence-corrected chi connectivity index (χ3v) is 3.52. The van der Waals surface area contributed by atoms with Gasteiger partial charge in [0.15, 0.2) is 0 Å². The summed E-state index contributed by atoms with van der Waals surface area (Å²) in [6, 6.07) is 0.544. The van der Waals surface area contributed by atoms with E-state index in [0.29, 0.717) is 12.6 Å². The molecule has 3 heteroatoms. The molecule has 1 saturated carbocycles. The predicted molar refractivity (Wildman–Crippen MR) is 61.7 cm³/mol. The van der Waals surface area contributed by atoms with Crippen LogP contribution in [0.1, 0.15) is 45.4 Å². The summed E-state index contributed by atoms with van der Waals surface area (Å²) in [7, 11) is 0. The minimum atomic E-state index is -0.602. The highest BCUT2D eigenvalue weighted by molar-refractivity contribution is 4.75. The van der Waals surface area contributed by atoms with Crippen LogP contribution in [0.3, 0.4) is 0 Å². The van der Waals surface area contributed by atoms with Crippen LogP contribution in [0.5, 0.6) is 0 Å². The quantitative estimate of drug-likeness (QED) is 0.606. The molecule has 0 aromatic rings. The second-order valence-corrected chi connectivity index (χ2v) is 4.72. The average Bonchev–Trinajstić information content (AvgIpc) is 2.50. The fourth-order valence-electron chi connectivity index (χ4n) is 2.36. The molecule has 3 nitrogen and oxygen atoms in total. The Morgan fingerprint density at radius 1 is 1.27 bits per heavy atom. The van der Waals surface area contributed by atoms with Crippen molar-refractivity contribution in [3.8, 4) is 0 Å². The van der Waals surface area contributed by atoms with Gasteiger partial charge in [0.25, 0.3) is 0 Å². The van der Waals surface area contributed by atoms with Crippen molar-refractivity contribution >= 4 is 0 Å². The van der Waals surface area contributed by atoms with E-state index in [1.165, 1.54) is 38.5 Å². The molecule has 90 valence electrons. The number of hydrogen-bond donors (Lipinski definition) is 3. The fraction of sp³-hybridized carbons (Fsp3) is 1.00. The van der Waals surface area contributed by atoms with Crippen molar-refractivity contribution in [2.75, 3.05) is 13.2 Å². The van der Waals surface area contributed by atoms with Crippen molar-refractivity contribution in [3.05, 3.63) is 0 Å². The van der Waals surface area contributed by atoms with Gasteiger partial charge in [-0.15, -0.1) is 0 Å². The Balaban J connectivity index is 2.19. The van der Waals surface area contributed by atoms with E-state index in [0.717, 1.165) is 5.92 Å². The monoisotopic (exact) mass is 215 g/mol. The lowest BCUT2D eigenvalue weighted by atomic mass is 9.98. The second-order valence-electron chi connectivity index (χ2n) is 4.72. The molecule has 3 atom stereocenters. The summed E-state index contributed by atoms with van der Waals surface area (Å²) in [5, 5.41) is 21.3. The van der Waals surface area contributed by atoms with Crippen molar-refractivity contribution in [1.29, 1.82) is 0 Å². The average molecular weight is 215 g/mol. The normalized spacial score (nSPS) is 29.8. The summed E-state index contributed by atoms with van der Waals surface area (Å²) in [6.45, 7) is 2.66. The van der Waals surface area contributed by atoms with Gasteiger partial charge in [-0.3, -0.25) is 0 Å². The van der Waals surface area contributed by atoms with Gasteiger partial charge in [-0.2, -0.15) is 0 Å². The molecule has 0 heterocycles. The molecule has 1 rings (SSSR count). The molecule has 15 heavy (non-hydrogen) atoms. The van der Waals surface area contributed by atoms with Gasteiger partial charge in [-0.05, 0) is 25.2 Å². The van der Waals surface area contributed by atoms with Crippen LogP contribution in [0.2, 0.25) is 0 Å². The Kier molecular flexibility index (Phi) is 6.22. The highest BCUT2D eigenvalue weighted by Gasteiger charge is 2.17. The smallest absolute Gasteiger partial charge is 0.0895 e. The van der Waals surface area contributed by atoms with Crippen LogP contribution in [0.4, 0.5) is 0 Å². The van der Waals surface area contributed by atoms with Gasteiger partial charge in [-0.1, -0.05) is 26.2 Å². The van der Waals surface area contributed by atoms with Crippen LogP contribution in [-0.2, 0) is 0 Å². The number of aliphatic hydroxyl groups is 2. The Labute approximate surface area is 92.9 Å². The van der Waals surface area contributed by atoms with Crippen LogP contribution in [0.25, 0.3) is 0 Å². The van der Waals surface area contributed by atoms with Gasteiger partial charge < -0.3 is 15.5 Å². The van der Waals surface area contributed by atoms with Gasteiger partial charge in [-0.25, -0.2) is 0 Å². The maximum absolute atomic E-state index is 9.24. The lowest BCUT2D eigenvalue weighted by Crippen LogP contribution is -2.36. The van der Waals surface area contributed by atoms with E-state index in [4.69, 9.17) is 5.11 Å². The molecule has 0 aromatic carbocycles. The summed E-state index contributed by atoms with van der Waals surface area (Å²) < 4.78 is 0. The maximum atomic E-state index is 9.24. The van der Waals surface area contributed by atoms with Gasteiger partial charge in [0.1, 0.15) is 0 Å². The third kappa shape index (κ3) is 4.96. The molecular formula is C12H25NO2. The Morgan fingerprint density at radius 2 is 2.07 bits per heavy atom. The van der Waals surface area contributed by atoms with Crippen LogP contribution in [-0.4, -0.2) is 35.5 Å². The number of nitrogens with one attached hydrogen (secondary N) is 1. The lowest BCUT2D eigenvalue weighted by molar-refractivity contribution is 0.0912.